The number of rotatable bonds is 3. The Bertz CT molecular complexity index is 579. The molecule has 0 radical (unpaired) electrons. The Morgan fingerprint density at radius 3 is 2.89 bits per heavy atom. The monoisotopic (exact) mass is 330 g/mol. The van der Waals surface area contributed by atoms with Gasteiger partial charge < -0.3 is 10.6 Å². The molecule has 0 unspecified atom stereocenters. The average molecular weight is 332 g/mol. The minimum Gasteiger partial charge on any atom is -0.357 e. The van der Waals surface area contributed by atoms with Crippen molar-refractivity contribution in [3.63, 3.8) is 0 Å². The van der Waals surface area contributed by atoms with Crippen LogP contribution in [0.15, 0.2) is 28.9 Å². The molecular weight excluding hydrogens is 323 g/mol. The third-order valence-corrected chi connectivity index (χ3v) is 3.57. The van der Waals surface area contributed by atoms with Crippen molar-refractivity contribution in [3.8, 4) is 0 Å². The van der Waals surface area contributed by atoms with Crippen molar-refractivity contribution >= 4 is 45.0 Å². The number of benzene rings is 1. The molecule has 0 spiro atoms. The Balaban J connectivity index is 2.36. The highest BCUT2D eigenvalue weighted by Crippen LogP contribution is 2.32. The van der Waals surface area contributed by atoms with E-state index in [0.29, 0.717) is 21.1 Å². The van der Waals surface area contributed by atoms with E-state index in [1.54, 1.807) is 25.2 Å². The number of halogens is 3. The van der Waals surface area contributed by atoms with Gasteiger partial charge in [-0.05, 0) is 28.1 Å². The summed E-state index contributed by atoms with van der Waals surface area (Å²) in [5, 5.41) is 6.13. The van der Waals surface area contributed by atoms with Gasteiger partial charge in [0.2, 0.25) is 5.95 Å². The molecule has 0 aliphatic heterocycles. The van der Waals surface area contributed by atoms with E-state index in [2.05, 4.69) is 36.5 Å². The van der Waals surface area contributed by atoms with E-state index >= 15 is 0 Å². The van der Waals surface area contributed by atoms with Crippen molar-refractivity contribution in [3.05, 3.63) is 39.7 Å². The molecule has 4 nitrogen and oxygen atoms in total. The van der Waals surface area contributed by atoms with Crippen LogP contribution in [-0.4, -0.2) is 17.0 Å². The number of anilines is 3. The lowest BCUT2D eigenvalue weighted by atomic mass is 10.3. The zero-order valence-corrected chi connectivity index (χ0v) is 11.7. The van der Waals surface area contributed by atoms with Gasteiger partial charge >= 0.3 is 0 Å². The van der Waals surface area contributed by atoms with Crippen LogP contribution >= 0.6 is 27.5 Å². The van der Waals surface area contributed by atoms with Crippen LogP contribution in [0.2, 0.25) is 5.02 Å². The first-order valence-corrected chi connectivity index (χ1v) is 6.20. The summed E-state index contributed by atoms with van der Waals surface area (Å²) in [6.07, 6.45) is 1.10. The minimum absolute atomic E-state index is 0.0808. The van der Waals surface area contributed by atoms with Gasteiger partial charge in [-0.15, -0.1) is 0 Å². The fourth-order valence-corrected chi connectivity index (χ4v) is 1.84. The van der Waals surface area contributed by atoms with E-state index in [1.165, 1.54) is 0 Å². The molecule has 0 atom stereocenters. The lowest BCUT2D eigenvalue weighted by Crippen LogP contribution is -2.03. The van der Waals surface area contributed by atoms with Crippen molar-refractivity contribution in [1.29, 1.82) is 0 Å². The van der Waals surface area contributed by atoms with Crippen LogP contribution in [0.4, 0.5) is 21.8 Å². The summed E-state index contributed by atoms with van der Waals surface area (Å²) in [6.45, 7) is 0. The highest BCUT2D eigenvalue weighted by atomic mass is 79.9. The quantitative estimate of drug-likeness (QED) is 0.898. The van der Waals surface area contributed by atoms with Crippen LogP contribution in [0, 0.1) is 5.82 Å². The second kappa shape index (κ2) is 5.49. The van der Waals surface area contributed by atoms with E-state index < -0.39 is 5.82 Å². The fourth-order valence-electron chi connectivity index (χ4n) is 1.30. The molecule has 2 N–H and O–H groups in total. The molecule has 0 saturated heterocycles. The Hall–Kier alpha value is -1.40. The Labute approximate surface area is 117 Å². The fraction of sp³-hybridized carbons (Fsp3) is 0.0909. The third kappa shape index (κ3) is 2.70. The van der Waals surface area contributed by atoms with Crippen molar-refractivity contribution in [2.45, 2.75) is 0 Å². The van der Waals surface area contributed by atoms with Gasteiger partial charge in [0.1, 0.15) is 0 Å². The molecular formula is C11H9BrClFN4. The first-order chi connectivity index (χ1) is 8.61. The highest BCUT2D eigenvalue weighted by Gasteiger charge is 2.09. The summed E-state index contributed by atoms with van der Waals surface area (Å²) < 4.78 is 14.2. The molecule has 0 fully saturated rings. The van der Waals surface area contributed by atoms with Gasteiger partial charge in [0.15, 0.2) is 11.6 Å². The number of nitrogens with zero attached hydrogens (tertiary/aromatic N) is 2. The van der Waals surface area contributed by atoms with Crippen LogP contribution in [0.25, 0.3) is 0 Å². The highest BCUT2D eigenvalue weighted by molar-refractivity contribution is 9.10. The molecule has 2 aromatic rings. The standard InChI is InChI=1S/C11H9BrClFN4/c1-15-11-16-5-7(14)10(18-11)17-8-4-2-3-6(13)9(8)12/h2-5H,1H3,(H2,15,16,17,18). The molecule has 0 bridgehead atoms. The average Bonchev–Trinajstić information content (AvgIpc) is 2.37. The molecule has 2 rings (SSSR count). The second-order valence-electron chi connectivity index (χ2n) is 3.37. The third-order valence-electron chi connectivity index (χ3n) is 2.17. The first-order valence-electron chi connectivity index (χ1n) is 5.03. The maximum atomic E-state index is 13.6. The molecule has 0 aliphatic carbocycles. The maximum absolute atomic E-state index is 13.6. The van der Waals surface area contributed by atoms with E-state index in [-0.39, 0.29) is 5.82 Å². The predicted molar refractivity (Wildman–Crippen MR) is 74.0 cm³/mol. The normalized spacial score (nSPS) is 10.2. The van der Waals surface area contributed by atoms with E-state index in [4.69, 9.17) is 11.6 Å². The van der Waals surface area contributed by atoms with Crippen LogP contribution in [0.1, 0.15) is 0 Å². The second-order valence-corrected chi connectivity index (χ2v) is 4.57. The number of nitrogens with one attached hydrogen (secondary N) is 2. The Kier molecular flexibility index (Phi) is 3.98. The molecule has 0 amide bonds. The molecule has 0 aliphatic rings. The van der Waals surface area contributed by atoms with Gasteiger partial charge in [0, 0.05) is 7.05 Å². The summed E-state index contributed by atoms with van der Waals surface area (Å²) in [6, 6.07) is 5.25. The molecule has 0 saturated carbocycles. The van der Waals surface area contributed by atoms with Crippen molar-refractivity contribution in [2.75, 3.05) is 17.7 Å². The SMILES string of the molecule is CNc1ncc(F)c(Nc2cccc(Cl)c2Br)n1. The van der Waals surface area contributed by atoms with Crippen LogP contribution < -0.4 is 10.6 Å². The zero-order chi connectivity index (χ0) is 13.1. The van der Waals surface area contributed by atoms with Crippen LogP contribution in [0.3, 0.4) is 0 Å². The van der Waals surface area contributed by atoms with Crippen molar-refractivity contribution < 1.29 is 4.39 Å². The van der Waals surface area contributed by atoms with Crippen molar-refractivity contribution in [2.24, 2.45) is 0 Å². The van der Waals surface area contributed by atoms with Crippen LogP contribution in [0.5, 0.6) is 0 Å². The molecule has 94 valence electrons. The minimum atomic E-state index is -0.541. The van der Waals surface area contributed by atoms with Gasteiger partial charge in [-0.1, -0.05) is 17.7 Å². The number of hydrogen-bond acceptors (Lipinski definition) is 4. The van der Waals surface area contributed by atoms with E-state index in [9.17, 15) is 4.39 Å². The summed E-state index contributed by atoms with van der Waals surface area (Å²) in [7, 11) is 1.66. The van der Waals surface area contributed by atoms with Gasteiger partial charge in [0.05, 0.1) is 21.4 Å². The van der Waals surface area contributed by atoms with Gasteiger partial charge in [-0.3, -0.25) is 0 Å². The molecule has 1 aromatic carbocycles. The molecule has 18 heavy (non-hydrogen) atoms. The molecule has 7 heteroatoms. The summed E-state index contributed by atoms with van der Waals surface area (Å²) in [4.78, 5) is 7.75. The maximum Gasteiger partial charge on any atom is 0.224 e. The van der Waals surface area contributed by atoms with Crippen molar-refractivity contribution in [1.82, 2.24) is 9.97 Å². The van der Waals surface area contributed by atoms with Gasteiger partial charge in [0.25, 0.3) is 0 Å². The lowest BCUT2D eigenvalue weighted by molar-refractivity contribution is 0.619. The van der Waals surface area contributed by atoms with E-state index in [0.717, 1.165) is 6.20 Å². The largest absolute Gasteiger partial charge is 0.357 e. The van der Waals surface area contributed by atoms with Crippen LogP contribution in [-0.2, 0) is 0 Å². The van der Waals surface area contributed by atoms with Gasteiger partial charge in [-0.2, -0.15) is 4.98 Å². The summed E-state index contributed by atoms with van der Waals surface area (Å²) in [5.41, 5.74) is 0.627. The molecule has 1 heterocycles. The predicted octanol–water partition coefficient (Wildman–Crippen LogP) is 3.82. The van der Waals surface area contributed by atoms with E-state index in [1.807, 2.05) is 0 Å². The topological polar surface area (TPSA) is 49.8 Å². The number of aromatic nitrogens is 2. The summed E-state index contributed by atoms with van der Waals surface area (Å²) >= 11 is 9.27. The summed E-state index contributed by atoms with van der Waals surface area (Å²) in [5.74, 6) is -0.129. The Morgan fingerprint density at radius 2 is 2.17 bits per heavy atom. The van der Waals surface area contributed by atoms with Gasteiger partial charge in [-0.25, -0.2) is 9.37 Å². The Morgan fingerprint density at radius 1 is 1.39 bits per heavy atom. The zero-order valence-electron chi connectivity index (χ0n) is 9.34. The lowest BCUT2D eigenvalue weighted by Gasteiger charge is -2.10. The number of hydrogen-bond donors (Lipinski definition) is 2. The smallest absolute Gasteiger partial charge is 0.224 e. The first kappa shape index (κ1) is 13.0. The molecule has 1 aromatic heterocycles.